The second-order valence-electron chi connectivity index (χ2n) is 8.67. The van der Waals surface area contributed by atoms with Crippen LogP contribution in [-0.2, 0) is 7.05 Å². The van der Waals surface area contributed by atoms with Crippen molar-refractivity contribution < 1.29 is 4.39 Å². The van der Waals surface area contributed by atoms with Crippen LogP contribution in [0, 0.1) is 5.82 Å². The summed E-state index contributed by atoms with van der Waals surface area (Å²) >= 11 is 0. The van der Waals surface area contributed by atoms with Crippen molar-refractivity contribution in [2.75, 3.05) is 5.32 Å². The van der Waals surface area contributed by atoms with Gasteiger partial charge in [-0.25, -0.2) is 13.9 Å². The Kier molecular flexibility index (Phi) is 5.10. The molecule has 1 N–H and O–H groups in total. The molecule has 6 rings (SSSR count). The molecule has 6 aromatic rings. The predicted molar refractivity (Wildman–Crippen MR) is 137 cm³/mol. The molecular formula is C27H22FN7O. The largest absolute Gasteiger partial charge is 0.374 e. The minimum Gasteiger partial charge on any atom is -0.374 e. The van der Waals surface area contributed by atoms with E-state index in [4.69, 9.17) is 0 Å². The standard InChI is InChI=1S/C27H22FN7O/c1-17(32-23-9-10-30-34-12-11-29-26(23)34)24-13-18-5-3-8-22(19-15-31-33(2)16-19)25(18)27(36)35(24)21-7-4-6-20(28)14-21/h3-17,32H,1-2H3/t17-/m0/s1. The first-order valence-electron chi connectivity index (χ1n) is 11.5. The monoisotopic (exact) mass is 479 g/mol. The first-order valence-corrected chi connectivity index (χ1v) is 11.5. The molecule has 0 bridgehead atoms. The van der Waals surface area contributed by atoms with Gasteiger partial charge in [-0.3, -0.25) is 14.0 Å². The number of hydrogen-bond acceptors (Lipinski definition) is 5. The normalized spacial score (nSPS) is 12.3. The second kappa shape index (κ2) is 8.46. The van der Waals surface area contributed by atoms with Crippen LogP contribution >= 0.6 is 0 Å². The maximum Gasteiger partial charge on any atom is 0.263 e. The molecule has 1 atom stereocenters. The van der Waals surface area contributed by atoms with E-state index in [0.29, 0.717) is 22.4 Å². The van der Waals surface area contributed by atoms with E-state index in [0.717, 1.165) is 22.2 Å². The lowest BCUT2D eigenvalue weighted by atomic mass is 9.99. The smallest absolute Gasteiger partial charge is 0.263 e. The van der Waals surface area contributed by atoms with Crippen LogP contribution in [0.2, 0.25) is 0 Å². The molecule has 0 unspecified atom stereocenters. The van der Waals surface area contributed by atoms with Gasteiger partial charge in [0, 0.05) is 36.9 Å². The fourth-order valence-corrected chi connectivity index (χ4v) is 4.64. The highest BCUT2D eigenvalue weighted by Crippen LogP contribution is 2.30. The summed E-state index contributed by atoms with van der Waals surface area (Å²) < 4.78 is 19.3. The number of aromatic nitrogens is 6. The molecule has 9 heteroatoms. The van der Waals surface area contributed by atoms with Crippen LogP contribution in [-0.4, -0.2) is 28.9 Å². The van der Waals surface area contributed by atoms with Gasteiger partial charge in [0.1, 0.15) is 5.82 Å². The summed E-state index contributed by atoms with van der Waals surface area (Å²) in [7, 11) is 1.83. The Balaban J connectivity index is 1.59. The van der Waals surface area contributed by atoms with Crippen molar-refractivity contribution in [2.24, 2.45) is 7.05 Å². The van der Waals surface area contributed by atoms with E-state index in [1.165, 1.54) is 12.1 Å². The number of imidazole rings is 1. The van der Waals surface area contributed by atoms with Crippen LogP contribution in [0.4, 0.5) is 10.1 Å². The summed E-state index contributed by atoms with van der Waals surface area (Å²) in [5.74, 6) is -0.417. The van der Waals surface area contributed by atoms with Crippen LogP contribution < -0.4 is 10.9 Å². The lowest BCUT2D eigenvalue weighted by molar-refractivity contribution is 0.625. The van der Waals surface area contributed by atoms with Crippen LogP contribution in [0.5, 0.6) is 0 Å². The summed E-state index contributed by atoms with van der Waals surface area (Å²) in [4.78, 5) is 18.5. The first-order chi connectivity index (χ1) is 17.5. The third-order valence-corrected chi connectivity index (χ3v) is 6.27. The summed E-state index contributed by atoms with van der Waals surface area (Å²) in [6.07, 6.45) is 8.74. The van der Waals surface area contributed by atoms with Gasteiger partial charge in [0.15, 0.2) is 5.65 Å². The maximum atomic E-state index is 14.3. The molecule has 0 saturated heterocycles. The number of benzene rings is 2. The van der Waals surface area contributed by atoms with Crippen molar-refractivity contribution in [3.8, 4) is 16.8 Å². The Labute approximate surface area is 205 Å². The van der Waals surface area contributed by atoms with Crippen LogP contribution in [0.1, 0.15) is 18.7 Å². The number of aryl methyl sites for hydroxylation is 1. The molecule has 0 aliphatic rings. The minimum atomic E-state index is -0.417. The Hall–Kier alpha value is -4.79. The van der Waals surface area contributed by atoms with Crippen molar-refractivity contribution >= 4 is 22.1 Å². The SMILES string of the molecule is C[C@H](Nc1ccnn2ccnc12)c1cc2cccc(-c3cnn(C)c3)c2c(=O)n1-c1cccc(F)c1. The number of rotatable bonds is 5. The molecule has 0 fully saturated rings. The molecular weight excluding hydrogens is 457 g/mol. The van der Waals surface area contributed by atoms with Gasteiger partial charge in [-0.2, -0.15) is 10.2 Å². The number of nitrogens with zero attached hydrogens (tertiary/aromatic N) is 6. The van der Waals surface area contributed by atoms with Crippen molar-refractivity contribution in [2.45, 2.75) is 13.0 Å². The Morgan fingerprint density at radius 2 is 1.89 bits per heavy atom. The molecule has 2 aromatic carbocycles. The van der Waals surface area contributed by atoms with Gasteiger partial charge in [-0.05, 0) is 48.2 Å². The van der Waals surface area contributed by atoms with E-state index < -0.39 is 5.82 Å². The Morgan fingerprint density at radius 3 is 2.69 bits per heavy atom. The summed E-state index contributed by atoms with van der Waals surface area (Å²) in [5.41, 5.74) is 3.95. The maximum absolute atomic E-state index is 14.3. The molecule has 0 aliphatic carbocycles. The minimum absolute atomic E-state index is 0.234. The van der Waals surface area contributed by atoms with E-state index in [9.17, 15) is 9.18 Å². The molecule has 0 amide bonds. The van der Waals surface area contributed by atoms with Crippen LogP contribution in [0.3, 0.4) is 0 Å². The second-order valence-corrected chi connectivity index (χ2v) is 8.67. The molecule has 4 heterocycles. The lowest BCUT2D eigenvalue weighted by Gasteiger charge is -2.22. The van der Waals surface area contributed by atoms with Gasteiger partial charge in [-0.1, -0.05) is 24.3 Å². The van der Waals surface area contributed by atoms with Crippen LogP contribution in [0.15, 0.2) is 90.4 Å². The third-order valence-electron chi connectivity index (χ3n) is 6.27. The zero-order valence-electron chi connectivity index (χ0n) is 19.6. The zero-order valence-corrected chi connectivity index (χ0v) is 19.6. The average molecular weight is 480 g/mol. The van der Waals surface area contributed by atoms with Crippen molar-refractivity contribution in [1.82, 2.24) is 28.9 Å². The van der Waals surface area contributed by atoms with Gasteiger partial charge in [0.05, 0.1) is 35.2 Å². The number of fused-ring (bicyclic) bond motifs is 2. The predicted octanol–water partition coefficient (Wildman–Crippen LogP) is 4.75. The summed E-state index contributed by atoms with van der Waals surface area (Å²) in [6, 6.07) is 15.3. The molecule has 0 aliphatic heterocycles. The number of hydrogen-bond donors (Lipinski definition) is 1. The van der Waals surface area contributed by atoms with E-state index in [1.807, 2.05) is 50.5 Å². The molecule has 8 nitrogen and oxygen atoms in total. The van der Waals surface area contributed by atoms with Gasteiger partial charge in [0.2, 0.25) is 0 Å². The molecule has 0 saturated carbocycles. The highest BCUT2D eigenvalue weighted by Gasteiger charge is 2.20. The molecule has 178 valence electrons. The number of anilines is 1. The quantitative estimate of drug-likeness (QED) is 0.386. The number of pyridine rings is 1. The molecule has 0 spiro atoms. The van der Waals surface area contributed by atoms with Gasteiger partial charge in [0.25, 0.3) is 5.56 Å². The lowest BCUT2D eigenvalue weighted by Crippen LogP contribution is -2.26. The Morgan fingerprint density at radius 1 is 1.03 bits per heavy atom. The zero-order chi connectivity index (χ0) is 24.8. The van der Waals surface area contributed by atoms with E-state index in [-0.39, 0.29) is 11.6 Å². The fraction of sp³-hybridized carbons (Fsp3) is 0.111. The first kappa shape index (κ1) is 21.7. The Bertz CT molecular complexity index is 1800. The topological polar surface area (TPSA) is 82.0 Å². The fourth-order valence-electron chi connectivity index (χ4n) is 4.64. The van der Waals surface area contributed by atoms with Crippen LogP contribution in [0.25, 0.3) is 33.2 Å². The average Bonchev–Trinajstić information content (AvgIpc) is 3.53. The summed E-state index contributed by atoms with van der Waals surface area (Å²) in [5, 5.41) is 13.3. The third kappa shape index (κ3) is 3.61. The molecule has 36 heavy (non-hydrogen) atoms. The van der Waals surface area contributed by atoms with E-state index >= 15 is 0 Å². The summed E-state index contributed by atoms with van der Waals surface area (Å²) in [6.45, 7) is 1.96. The van der Waals surface area contributed by atoms with Gasteiger partial charge < -0.3 is 5.32 Å². The molecule has 4 aromatic heterocycles. The van der Waals surface area contributed by atoms with Gasteiger partial charge >= 0.3 is 0 Å². The van der Waals surface area contributed by atoms with Gasteiger partial charge in [-0.15, -0.1) is 0 Å². The highest BCUT2D eigenvalue weighted by atomic mass is 19.1. The molecule has 0 radical (unpaired) electrons. The number of nitrogens with one attached hydrogen (secondary N) is 1. The number of halogens is 1. The van der Waals surface area contributed by atoms with Crippen molar-refractivity contribution in [3.05, 3.63) is 107 Å². The van der Waals surface area contributed by atoms with Crippen molar-refractivity contribution in [3.63, 3.8) is 0 Å². The van der Waals surface area contributed by atoms with Crippen molar-refractivity contribution in [1.29, 1.82) is 0 Å². The van der Waals surface area contributed by atoms with E-state index in [1.54, 1.807) is 50.7 Å². The highest BCUT2D eigenvalue weighted by molar-refractivity contribution is 5.96. The van der Waals surface area contributed by atoms with E-state index in [2.05, 4.69) is 20.5 Å².